The molecule has 0 aliphatic rings. The molecule has 6 heteroatoms. The van der Waals surface area contributed by atoms with Crippen LogP contribution >= 0.6 is 0 Å². The summed E-state index contributed by atoms with van der Waals surface area (Å²) in [5.74, 6) is 7.03. The molecule has 6 nitrogen and oxygen atoms in total. The first-order valence-electron chi connectivity index (χ1n) is 5.38. The molecule has 0 aliphatic heterocycles. The molecule has 0 fully saturated rings. The fourth-order valence-corrected chi connectivity index (χ4v) is 1.46. The van der Waals surface area contributed by atoms with Crippen LogP contribution < -0.4 is 21.3 Å². The lowest BCUT2D eigenvalue weighted by atomic mass is 10.2. The Labute approximate surface area is 95.6 Å². The molecule has 1 heterocycles. The van der Waals surface area contributed by atoms with Gasteiger partial charge in [-0.25, -0.2) is 15.8 Å². The van der Waals surface area contributed by atoms with Gasteiger partial charge in [-0.15, -0.1) is 0 Å². The fourth-order valence-electron chi connectivity index (χ4n) is 1.46. The minimum absolute atomic E-state index is 0.370. The van der Waals surface area contributed by atoms with E-state index in [1.165, 1.54) is 6.33 Å². The minimum Gasteiger partial charge on any atom is -0.490 e. The first kappa shape index (κ1) is 12.5. The zero-order valence-corrected chi connectivity index (χ0v) is 9.95. The van der Waals surface area contributed by atoms with E-state index in [1.807, 2.05) is 0 Å². The van der Waals surface area contributed by atoms with Gasteiger partial charge in [0.15, 0.2) is 11.6 Å². The predicted molar refractivity (Wildman–Crippen MR) is 64.4 cm³/mol. The number of rotatable bonds is 6. The molecule has 0 spiro atoms. The molecule has 1 aromatic heterocycles. The van der Waals surface area contributed by atoms with Crippen molar-refractivity contribution in [3.8, 4) is 5.75 Å². The highest BCUT2D eigenvalue weighted by Crippen LogP contribution is 2.28. The van der Waals surface area contributed by atoms with Crippen molar-refractivity contribution >= 4 is 11.6 Å². The number of hydrazine groups is 1. The second kappa shape index (κ2) is 6.12. The number of nitrogens with zero attached hydrogens (tertiary/aromatic N) is 2. The monoisotopic (exact) mass is 225 g/mol. The Morgan fingerprint density at radius 2 is 1.94 bits per heavy atom. The summed E-state index contributed by atoms with van der Waals surface area (Å²) in [4.78, 5) is 8.13. The van der Waals surface area contributed by atoms with Crippen LogP contribution in [-0.4, -0.2) is 23.1 Å². The maximum atomic E-state index is 5.34. The molecule has 16 heavy (non-hydrogen) atoms. The van der Waals surface area contributed by atoms with Crippen molar-refractivity contribution in [2.24, 2.45) is 5.84 Å². The third-order valence-corrected chi connectivity index (χ3v) is 2.47. The lowest BCUT2D eigenvalue weighted by Gasteiger charge is -2.18. The van der Waals surface area contributed by atoms with Gasteiger partial charge in [-0.2, -0.15) is 0 Å². The van der Waals surface area contributed by atoms with Crippen LogP contribution in [0.4, 0.5) is 11.6 Å². The van der Waals surface area contributed by atoms with Crippen LogP contribution in [0.25, 0.3) is 0 Å². The van der Waals surface area contributed by atoms with Crippen LogP contribution in [0.5, 0.6) is 5.75 Å². The topological polar surface area (TPSA) is 85.1 Å². The summed E-state index contributed by atoms with van der Waals surface area (Å²) in [7, 11) is 1.57. The second-order valence-electron chi connectivity index (χ2n) is 3.41. The SMILES string of the molecule is CCC(CC)Nc1ncnc(NN)c1OC. The van der Waals surface area contributed by atoms with Crippen molar-refractivity contribution in [3.63, 3.8) is 0 Å². The van der Waals surface area contributed by atoms with Gasteiger partial charge < -0.3 is 15.5 Å². The van der Waals surface area contributed by atoms with E-state index in [0.29, 0.717) is 23.4 Å². The van der Waals surface area contributed by atoms with E-state index < -0.39 is 0 Å². The molecule has 0 radical (unpaired) electrons. The molecule has 0 saturated carbocycles. The number of nitrogens with two attached hydrogens (primary N) is 1. The quantitative estimate of drug-likeness (QED) is 0.501. The first-order chi connectivity index (χ1) is 7.76. The van der Waals surface area contributed by atoms with Crippen molar-refractivity contribution in [1.82, 2.24) is 9.97 Å². The molecule has 0 atom stereocenters. The summed E-state index contributed by atoms with van der Waals surface area (Å²) in [6.07, 6.45) is 3.49. The Balaban J connectivity index is 2.94. The third-order valence-electron chi connectivity index (χ3n) is 2.47. The average molecular weight is 225 g/mol. The van der Waals surface area contributed by atoms with Crippen LogP contribution in [0.1, 0.15) is 26.7 Å². The summed E-state index contributed by atoms with van der Waals surface area (Å²) in [5, 5.41) is 3.30. The number of methoxy groups -OCH3 is 1. The summed E-state index contributed by atoms with van der Waals surface area (Å²) in [5.41, 5.74) is 2.48. The standard InChI is InChI=1S/C10H19N5O/c1-4-7(5-2)14-9-8(16-3)10(15-11)13-6-12-9/h6-7H,4-5,11H2,1-3H3,(H2,12,13,14,15). The number of anilines is 2. The van der Waals surface area contributed by atoms with Crippen molar-refractivity contribution in [2.75, 3.05) is 17.9 Å². The molecule has 1 aromatic rings. The van der Waals surface area contributed by atoms with Crippen LogP contribution in [0, 0.1) is 0 Å². The second-order valence-corrected chi connectivity index (χ2v) is 3.41. The van der Waals surface area contributed by atoms with Crippen molar-refractivity contribution < 1.29 is 4.74 Å². The van der Waals surface area contributed by atoms with Crippen molar-refractivity contribution in [3.05, 3.63) is 6.33 Å². The zero-order chi connectivity index (χ0) is 12.0. The normalized spacial score (nSPS) is 10.3. The van der Waals surface area contributed by atoms with Gasteiger partial charge in [0.2, 0.25) is 5.75 Å². The van der Waals surface area contributed by atoms with E-state index in [-0.39, 0.29) is 0 Å². The molecule has 1 rings (SSSR count). The summed E-state index contributed by atoms with van der Waals surface area (Å²) in [6.45, 7) is 4.24. The van der Waals surface area contributed by atoms with E-state index in [0.717, 1.165) is 12.8 Å². The maximum Gasteiger partial charge on any atom is 0.205 e. The molecule has 0 bridgehead atoms. The molecule has 0 aromatic carbocycles. The maximum absolute atomic E-state index is 5.34. The molecule has 0 aliphatic carbocycles. The highest BCUT2D eigenvalue weighted by Gasteiger charge is 2.13. The summed E-state index contributed by atoms with van der Waals surface area (Å²) < 4.78 is 5.23. The fraction of sp³-hybridized carbons (Fsp3) is 0.600. The van der Waals surface area contributed by atoms with Crippen LogP contribution in [0.2, 0.25) is 0 Å². The molecule has 90 valence electrons. The van der Waals surface area contributed by atoms with Gasteiger partial charge >= 0.3 is 0 Å². The lowest BCUT2D eigenvalue weighted by molar-refractivity contribution is 0.414. The molecule has 0 amide bonds. The first-order valence-corrected chi connectivity index (χ1v) is 5.38. The van der Waals surface area contributed by atoms with E-state index in [9.17, 15) is 0 Å². The highest BCUT2D eigenvalue weighted by molar-refractivity contribution is 5.63. The smallest absolute Gasteiger partial charge is 0.205 e. The molecular formula is C10H19N5O. The number of nitrogens with one attached hydrogen (secondary N) is 2. The van der Waals surface area contributed by atoms with Gasteiger partial charge in [0.05, 0.1) is 7.11 Å². The van der Waals surface area contributed by atoms with Gasteiger partial charge in [-0.3, -0.25) is 0 Å². The van der Waals surface area contributed by atoms with E-state index >= 15 is 0 Å². The minimum atomic E-state index is 0.370. The number of hydrogen-bond acceptors (Lipinski definition) is 6. The largest absolute Gasteiger partial charge is 0.490 e. The van der Waals surface area contributed by atoms with Gasteiger partial charge in [0.25, 0.3) is 0 Å². The molecule has 0 unspecified atom stereocenters. The van der Waals surface area contributed by atoms with Gasteiger partial charge in [-0.1, -0.05) is 13.8 Å². The summed E-state index contributed by atoms with van der Waals surface area (Å²) in [6, 6.07) is 0.370. The van der Waals surface area contributed by atoms with E-state index in [1.54, 1.807) is 7.11 Å². The Kier molecular flexibility index (Phi) is 4.78. The van der Waals surface area contributed by atoms with Gasteiger partial charge in [0, 0.05) is 6.04 Å². The Morgan fingerprint density at radius 1 is 1.31 bits per heavy atom. The summed E-state index contributed by atoms with van der Waals surface area (Å²) >= 11 is 0. The number of ether oxygens (including phenoxy) is 1. The van der Waals surface area contributed by atoms with Gasteiger partial charge in [0.1, 0.15) is 6.33 Å². The Hall–Kier alpha value is -1.56. The van der Waals surface area contributed by atoms with Crippen LogP contribution in [0.15, 0.2) is 6.33 Å². The lowest BCUT2D eigenvalue weighted by Crippen LogP contribution is -2.19. The van der Waals surface area contributed by atoms with E-state index in [2.05, 4.69) is 34.6 Å². The number of nitrogen functional groups attached to an aromatic ring is 1. The molecule has 4 N–H and O–H groups in total. The third kappa shape index (κ3) is 2.73. The molecular weight excluding hydrogens is 206 g/mol. The molecule has 0 saturated heterocycles. The Bertz CT molecular complexity index is 327. The highest BCUT2D eigenvalue weighted by atomic mass is 16.5. The number of hydrogen-bond donors (Lipinski definition) is 3. The Morgan fingerprint density at radius 3 is 2.44 bits per heavy atom. The van der Waals surface area contributed by atoms with Crippen molar-refractivity contribution in [1.29, 1.82) is 0 Å². The number of aromatic nitrogens is 2. The van der Waals surface area contributed by atoms with Crippen LogP contribution in [-0.2, 0) is 0 Å². The zero-order valence-electron chi connectivity index (χ0n) is 9.95. The predicted octanol–water partition coefficient (Wildman–Crippen LogP) is 1.37. The van der Waals surface area contributed by atoms with Crippen molar-refractivity contribution in [2.45, 2.75) is 32.7 Å². The average Bonchev–Trinajstić information content (AvgIpc) is 2.35. The van der Waals surface area contributed by atoms with Gasteiger partial charge in [-0.05, 0) is 12.8 Å². The van der Waals surface area contributed by atoms with Crippen LogP contribution in [0.3, 0.4) is 0 Å². The van der Waals surface area contributed by atoms with E-state index in [4.69, 9.17) is 10.6 Å².